The molecule has 2 heterocycles. The van der Waals surface area contributed by atoms with Gasteiger partial charge in [0.15, 0.2) is 0 Å². The fourth-order valence-electron chi connectivity index (χ4n) is 2.53. The van der Waals surface area contributed by atoms with E-state index in [0.717, 1.165) is 31.5 Å². The summed E-state index contributed by atoms with van der Waals surface area (Å²) < 4.78 is 18.8. The van der Waals surface area contributed by atoms with Crippen LogP contribution in [0.2, 0.25) is 0 Å². The van der Waals surface area contributed by atoms with Gasteiger partial charge in [-0.1, -0.05) is 0 Å². The van der Waals surface area contributed by atoms with Gasteiger partial charge in [0, 0.05) is 6.61 Å². The molecule has 1 aliphatic carbocycles. The summed E-state index contributed by atoms with van der Waals surface area (Å²) in [5.74, 6) is -0.358. The van der Waals surface area contributed by atoms with Gasteiger partial charge in [-0.2, -0.15) is 0 Å². The first-order valence-corrected chi connectivity index (χ1v) is 6.48. The lowest BCUT2D eigenvalue weighted by molar-refractivity contribution is 0.0729. The zero-order chi connectivity index (χ0) is 13.4. The number of nitrogens with zero attached hydrogens (tertiary/aromatic N) is 1. The number of nitrogen functional groups attached to an aromatic ring is 1. The highest BCUT2D eigenvalue weighted by Crippen LogP contribution is 2.38. The topological polar surface area (TPSA) is 77.2 Å². The molecule has 1 amide bonds. The molecule has 2 unspecified atom stereocenters. The van der Waals surface area contributed by atoms with Gasteiger partial charge in [0.2, 0.25) is 0 Å². The summed E-state index contributed by atoms with van der Waals surface area (Å²) in [5.41, 5.74) is 5.69. The van der Waals surface area contributed by atoms with Crippen LogP contribution in [0.4, 0.5) is 10.2 Å². The number of carbonyl (C=O) groups is 1. The van der Waals surface area contributed by atoms with Gasteiger partial charge in [0.25, 0.3) is 5.91 Å². The highest BCUT2D eigenvalue weighted by molar-refractivity contribution is 5.98. The fraction of sp³-hybridized carbons (Fsp3) is 0.538. The minimum absolute atomic E-state index is 0.0114. The Morgan fingerprint density at radius 3 is 3.00 bits per heavy atom. The van der Waals surface area contributed by atoms with E-state index < -0.39 is 5.82 Å². The first-order valence-electron chi connectivity index (χ1n) is 6.48. The molecule has 0 aromatic carbocycles. The van der Waals surface area contributed by atoms with E-state index in [0.29, 0.717) is 12.5 Å². The van der Waals surface area contributed by atoms with Gasteiger partial charge < -0.3 is 15.8 Å². The maximum Gasteiger partial charge on any atom is 0.255 e. The number of nitrogens with two attached hydrogens (primary N) is 1. The van der Waals surface area contributed by atoms with E-state index in [4.69, 9.17) is 10.5 Å². The molecule has 102 valence electrons. The smallest absolute Gasteiger partial charge is 0.255 e. The Morgan fingerprint density at radius 1 is 1.47 bits per heavy atom. The molecule has 0 spiro atoms. The van der Waals surface area contributed by atoms with Crippen molar-refractivity contribution in [3.8, 4) is 0 Å². The second kappa shape index (κ2) is 4.77. The molecule has 3 rings (SSSR count). The molecule has 6 heteroatoms. The van der Waals surface area contributed by atoms with Crippen molar-refractivity contribution in [2.45, 2.75) is 31.4 Å². The molecule has 1 aromatic rings. The van der Waals surface area contributed by atoms with E-state index >= 15 is 0 Å². The van der Waals surface area contributed by atoms with Gasteiger partial charge >= 0.3 is 0 Å². The number of anilines is 1. The minimum Gasteiger partial charge on any atom is -0.383 e. The molecule has 1 aliphatic heterocycles. The van der Waals surface area contributed by atoms with Crippen LogP contribution in [-0.4, -0.2) is 29.6 Å². The first-order chi connectivity index (χ1) is 9.15. The number of aromatic nitrogens is 1. The second-order valence-corrected chi connectivity index (χ2v) is 5.13. The van der Waals surface area contributed by atoms with Crippen molar-refractivity contribution in [2.75, 3.05) is 12.3 Å². The fourth-order valence-corrected chi connectivity index (χ4v) is 2.53. The van der Waals surface area contributed by atoms with Crippen LogP contribution in [0, 0.1) is 11.7 Å². The van der Waals surface area contributed by atoms with Crippen molar-refractivity contribution in [2.24, 2.45) is 5.92 Å². The number of nitrogens with one attached hydrogen (secondary N) is 1. The molecule has 2 aliphatic rings. The largest absolute Gasteiger partial charge is 0.383 e. The van der Waals surface area contributed by atoms with Crippen molar-refractivity contribution in [3.63, 3.8) is 0 Å². The van der Waals surface area contributed by atoms with Gasteiger partial charge in [0.1, 0.15) is 11.6 Å². The Bertz CT molecular complexity index is 505. The summed E-state index contributed by atoms with van der Waals surface area (Å²) in [6.07, 6.45) is 4.18. The predicted molar refractivity (Wildman–Crippen MR) is 66.9 cm³/mol. The van der Waals surface area contributed by atoms with Gasteiger partial charge in [-0.05, 0) is 31.2 Å². The Balaban J connectivity index is 1.72. The zero-order valence-corrected chi connectivity index (χ0v) is 10.4. The third-order valence-electron chi connectivity index (χ3n) is 3.67. The number of rotatable bonds is 3. The molecule has 2 fully saturated rings. The van der Waals surface area contributed by atoms with Crippen LogP contribution in [0.25, 0.3) is 0 Å². The van der Waals surface area contributed by atoms with Crippen LogP contribution >= 0.6 is 0 Å². The number of ether oxygens (including phenoxy) is 1. The Labute approximate surface area is 110 Å². The summed E-state index contributed by atoms with van der Waals surface area (Å²) in [7, 11) is 0. The Kier molecular flexibility index (Phi) is 3.10. The molecule has 3 N–H and O–H groups in total. The third-order valence-corrected chi connectivity index (χ3v) is 3.67. The summed E-state index contributed by atoms with van der Waals surface area (Å²) >= 11 is 0. The van der Waals surface area contributed by atoms with Crippen molar-refractivity contribution >= 4 is 11.7 Å². The van der Waals surface area contributed by atoms with Crippen LogP contribution in [0.1, 0.15) is 29.6 Å². The summed E-state index contributed by atoms with van der Waals surface area (Å²) in [6, 6.07) is 1.10. The molecule has 5 nitrogen and oxygen atoms in total. The third kappa shape index (κ3) is 2.53. The van der Waals surface area contributed by atoms with Crippen LogP contribution in [0.5, 0.6) is 0 Å². The number of halogens is 1. The summed E-state index contributed by atoms with van der Waals surface area (Å²) in [4.78, 5) is 15.8. The summed E-state index contributed by atoms with van der Waals surface area (Å²) in [5, 5.41) is 2.88. The monoisotopic (exact) mass is 265 g/mol. The molecular weight excluding hydrogens is 249 g/mol. The van der Waals surface area contributed by atoms with Crippen molar-refractivity contribution in [3.05, 3.63) is 23.6 Å². The van der Waals surface area contributed by atoms with E-state index in [1.54, 1.807) is 0 Å². The number of carbonyl (C=O) groups excluding carboxylic acids is 1. The van der Waals surface area contributed by atoms with E-state index in [2.05, 4.69) is 10.3 Å². The van der Waals surface area contributed by atoms with Crippen molar-refractivity contribution < 1.29 is 13.9 Å². The molecule has 1 saturated heterocycles. The Morgan fingerprint density at radius 2 is 2.26 bits per heavy atom. The molecule has 19 heavy (non-hydrogen) atoms. The highest BCUT2D eigenvalue weighted by atomic mass is 19.1. The zero-order valence-electron chi connectivity index (χ0n) is 10.4. The van der Waals surface area contributed by atoms with Gasteiger partial charge in [-0.3, -0.25) is 4.79 Å². The number of pyridine rings is 1. The maximum atomic E-state index is 13.1. The molecule has 2 atom stereocenters. The minimum atomic E-state index is -0.569. The lowest BCUT2D eigenvalue weighted by Gasteiger charge is -2.19. The van der Waals surface area contributed by atoms with E-state index in [9.17, 15) is 9.18 Å². The van der Waals surface area contributed by atoms with E-state index in [-0.39, 0.29) is 29.4 Å². The van der Waals surface area contributed by atoms with E-state index in [1.165, 1.54) is 0 Å². The second-order valence-electron chi connectivity index (χ2n) is 5.13. The number of amides is 1. The number of hydrogen-bond donors (Lipinski definition) is 2. The molecule has 0 radical (unpaired) electrons. The predicted octanol–water partition coefficient (Wildman–Crippen LogP) is 1.10. The van der Waals surface area contributed by atoms with Crippen LogP contribution in [-0.2, 0) is 4.74 Å². The standard InChI is InChI=1S/C13H16FN3O2/c14-8-5-9(12(15)16-6-8)13(18)17-10-3-4-19-11(10)7-1-2-7/h5-7,10-11H,1-4H2,(H2,15,16)(H,17,18). The van der Waals surface area contributed by atoms with Crippen molar-refractivity contribution in [1.82, 2.24) is 10.3 Å². The average Bonchev–Trinajstić information content (AvgIpc) is 3.13. The Hall–Kier alpha value is -1.69. The average molecular weight is 265 g/mol. The normalized spacial score (nSPS) is 26.4. The lowest BCUT2D eigenvalue weighted by atomic mass is 10.1. The molecule has 0 bridgehead atoms. The molecule has 1 aromatic heterocycles. The van der Waals surface area contributed by atoms with Gasteiger partial charge in [0.05, 0.1) is 23.9 Å². The number of hydrogen-bond acceptors (Lipinski definition) is 4. The lowest BCUT2D eigenvalue weighted by Crippen LogP contribution is -2.41. The summed E-state index contributed by atoms with van der Waals surface area (Å²) in [6.45, 7) is 0.656. The highest BCUT2D eigenvalue weighted by Gasteiger charge is 2.41. The molecular formula is C13H16FN3O2. The molecule has 1 saturated carbocycles. The van der Waals surface area contributed by atoms with Gasteiger partial charge in [-0.25, -0.2) is 9.37 Å². The van der Waals surface area contributed by atoms with Crippen molar-refractivity contribution in [1.29, 1.82) is 0 Å². The van der Waals surface area contributed by atoms with Crippen LogP contribution in [0.3, 0.4) is 0 Å². The quantitative estimate of drug-likeness (QED) is 0.858. The SMILES string of the molecule is Nc1ncc(F)cc1C(=O)NC1CCOC1C1CC1. The van der Waals surface area contributed by atoms with Crippen LogP contribution < -0.4 is 11.1 Å². The van der Waals surface area contributed by atoms with Crippen LogP contribution in [0.15, 0.2) is 12.3 Å². The first kappa shape index (κ1) is 12.3. The van der Waals surface area contributed by atoms with Gasteiger partial charge in [-0.15, -0.1) is 0 Å². The maximum absolute atomic E-state index is 13.1. The van der Waals surface area contributed by atoms with E-state index in [1.807, 2.05) is 0 Å².